The van der Waals surface area contributed by atoms with Crippen LogP contribution in [0.1, 0.15) is 23.2 Å². The largest absolute Gasteiger partial charge is 0.266 e. The van der Waals surface area contributed by atoms with Crippen LogP contribution in [0.4, 0.5) is 8.78 Å². The van der Waals surface area contributed by atoms with Crippen LogP contribution in [0, 0.1) is 21.8 Å². The van der Waals surface area contributed by atoms with Crippen LogP contribution in [-0.2, 0) is 0 Å². The molecule has 1 rings (SSSR count). The molecule has 0 saturated heterocycles. The van der Waals surface area contributed by atoms with Gasteiger partial charge in [-0.15, -0.1) is 0 Å². The fourth-order valence-electron chi connectivity index (χ4n) is 0.873. The predicted molar refractivity (Wildman–Crippen MR) is 51.4 cm³/mol. The highest BCUT2D eigenvalue weighted by Crippen LogP contribution is 2.26. The average molecular weight is 294 g/mol. The normalized spacial score (nSPS) is 10.2. The van der Waals surface area contributed by atoms with Crippen molar-refractivity contribution in [2.45, 2.75) is 13.3 Å². The molecule has 0 aliphatic carbocycles. The van der Waals surface area contributed by atoms with Crippen LogP contribution < -0.4 is 0 Å². The maximum Gasteiger partial charge on any atom is 0.266 e. The molecule has 5 heteroatoms. The Morgan fingerprint density at radius 2 is 2.23 bits per heavy atom. The molecule has 0 saturated carbocycles. The summed E-state index contributed by atoms with van der Waals surface area (Å²) in [4.78, 5) is 3.63. The van der Waals surface area contributed by atoms with Crippen LogP contribution in [0.25, 0.3) is 0 Å². The third kappa shape index (κ3) is 1.94. The molecule has 0 aromatic carbocycles. The van der Waals surface area contributed by atoms with Gasteiger partial charge in [-0.05, 0) is 35.1 Å². The van der Waals surface area contributed by atoms with Gasteiger partial charge < -0.3 is 0 Å². The van der Waals surface area contributed by atoms with E-state index in [0.29, 0.717) is 9.13 Å². The van der Waals surface area contributed by atoms with E-state index in [9.17, 15) is 8.78 Å². The van der Waals surface area contributed by atoms with Crippen LogP contribution in [0.5, 0.6) is 0 Å². The van der Waals surface area contributed by atoms with Crippen molar-refractivity contribution in [3.8, 4) is 6.07 Å². The van der Waals surface area contributed by atoms with E-state index in [-0.39, 0.29) is 11.3 Å². The van der Waals surface area contributed by atoms with Crippen molar-refractivity contribution in [3.63, 3.8) is 0 Å². The molecule has 1 aromatic rings. The molecule has 2 nitrogen and oxygen atoms in total. The lowest BCUT2D eigenvalue weighted by molar-refractivity contribution is 0.150. The van der Waals surface area contributed by atoms with E-state index < -0.39 is 6.43 Å². The standard InChI is InChI=1S/C8H5F2IN2/c1-4-6(2-12)13-3-5(7(4)11)8(9)10/h3,8H,1H3. The van der Waals surface area contributed by atoms with Crippen molar-refractivity contribution in [3.05, 3.63) is 26.6 Å². The van der Waals surface area contributed by atoms with Gasteiger partial charge in [0, 0.05) is 15.3 Å². The zero-order valence-corrected chi connectivity index (χ0v) is 8.84. The number of aromatic nitrogens is 1. The molecule has 0 unspecified atom stereocenters. The number of halogens is 3. The van der Waals surface area contributed by atoms with Gasteiger partial charge in [0.2, 0.25) is 0 Å². The summed E-state index contributed by atoms with van der Waals surface area (Å²) >= 11 is 1.80. The van der Waals surface area contributed by atoms with Gasteiger partial charge in [0.15, 0.2) is 0 Å². The first-order valence-electron chi connectivity index (χ1n) is 3.41. The second-order valence-electron chi connectivity index (χ2n) is 2.41. The minimum absolute atomic E-state index is 0.114. The summed E-state index contributed by atoms with van der Waals surface area (Å²) in [6.07, 6.45) is -1.48. The Morgan fingerprint density at radius 3 is 2.69 bits per heavy atom. The van der Waals surface area contributed by atoms with Gasteiger partial charge in [-0.3, -0.25) is 0 Å². The molecule has 0 amide bonds. The molecule has 0 bridgehead atoms. The summed E-state index contributed by atoms with van der Waals surface area (Å²) in [5, 5.41) is 8.57. The number of alkyl halides is 2. The third-order valence-corrected chi connectivity index (χ3v) is 3.04. The average Bonchev–Trinajstić information content (AvgIpc) is 2.09. The smallest absolute Gasteiger partial charge is 0.245 e. The second kappa shape index (κ2) is 3.96. The van der Waals surface area contributed by atoms with Gasteiger partial charge in [0.25, 0.3) is 6.43 Å². The number of pyridine rings is 1. The van der Waals surface area contributed by atoms with Crippen molar-refractivity contribution in [1.29, 1.82) is 5.26 Å². The minimum atomic E-state index is -2.54. The Balaban J connectivity index is 3.33. The molecule has 0 spiro atoms. The molecular weight excluding hydrogens is 289 g/mol. The Bertz CT molecular complexity index is 371. The first kappa shape index (κ1) is 10.3. The molecule has 0 N–H and O–H groups in total. The van der Waals surface area contributed by atoms with E-state index in [2.05, 4.69) is 4.98 Å². The highest BCUT2D eigenvalue weighted by Gasteiger charge is 2.15. The first-order chi connectivity index (χ1) is 6.07. The van der Waals surface area contributed by atoms with Gasteiger partial charge in [-0.1, -0.05) is 0 Å². The van der Waals surface area contributed by atoms with Gasteiger partial charge in [-0.25, -0.2) is 13.8 Å². The van der Waals surface area contributed by atoms with Gasteiger partial charge in [0.05, 0.1) is 0 Å². The molecule has 68 valence electrons. The summed E-state index contributed by atoms with van der Waals surface area (Å²) < 4.78 is 25.0. The van der Waals surface area contributed by atoms with E-state index in [0.717, 1.165) is 6.20 Å². The fraction of sp³-hybridized carbons (Fsp3) is 0.250. The fourth-order valence-corrected chi connectivity index (χ4v) is 1.50. The third-order valence-electron chi connectivity index (χ3n) is 1.61. The highest BCUT2D eigenvalue weighted by atomic mass is 127. The minimum Gasteiger partial charge on any atom is -0.245 e. The van der Waals surface area contributed by atoms with E-state index in [1.54, 1.807) is 29.5 Å². The van der Waals surface area contributed by atoms with E-state index >= 15 is 0 Å². The molecule has 0 fully saturated rings. The molecule has 1 aromatic heterocycles. The van der Waals surface area contributed by atoms with Crippen LogP contribution in [-0.4, -0.2) is 4.98 Å². The van der Waals surface area contributed by atoms with Gasteiger partial charge >= 0.3 is 0 Å². The molecule has 0 atom stereocenters. The zero-order chi connectivity index (χ0) is 10.0. The summed E-state index contributed by atoms with van der Waals surface area (Å²) in [5.74, 6) is 0. The lowest BCUT2D eigenvalue weighted by atomic mass is 10.2. The Kier molecular flexibility index (Phi) is 3.14. The SMILES string of the molecule is Cc1c(C#N)ncc(C(F)F)c1I. The summed E-state index contributed by atoms with van der Waals surface area (Å²) in [7, 11) is 0. The van der Waals surface area contributed by atoms with Crippen molar-refractivity contribution in [2.24, 2.45) is 0 Å². The Morgan fingerprint density at radius 1 is 1.62 bits per heavy atom. The first-order valence-corrected chi connectivity index (χ1v) is 4.49. The summed E-state index contributed by atoms with van der Waals surface area (Å²) in [6, 6.07) is 1.84. The molecular formula is C8H5F2IN2. The lowest BCUT2D eigenvalue weighted by Crippen LogP contribution is -1.98. The summed E-state index contributed by atoms with van der Waals surface area (Å²) in [6.45, 7) is 1.61. The Hall–Kier alpha value is -0.770. The number of nitriles is 1. The molecule has 0 radical (unpaired) electrons. The predicted octanol–water partition coefficient (Wildman–Crippen LogP) is 2.80. The Labute approximate surface area is 87.7 Å². The number of rotatable bonds is 1. The van der Waals surface area contributed by atoms with E-state index in [1.807, 2.05) is 6.07 Å². The maximum absolute atomic E-state index is 12.3. The van der Waals surface area contributed by atoms with Crippen LogP contribution in [0.3, 0.4) is 0 Å². The van der Waals surface area contributed by atoms with Crippen molar-refractivity contribution < 1.29 is 8.78 Å². The van der Waals surface area contributed by atoms with E-state index in [4.69, 9.17) is 5.26 Å². The van der Waals surface area contributed by atoms with Crippen LogP contribution in [0.2, 0.25) is 0 Å². The number of hydrogen-bond donors (Lipinski definition) is 0. The van der Waals surface area contributed by atoms with E-state index in [1.165, 1.54) is 0 Å². The van der Waals surface area contributed by atoms with Crippen LogP contribution >= 0.6 is 22.6 Å². The highest BCUT2D eigenvalue weighted by molar-refractivity contribution is 14.1. The van der Waals surface area contributed by atoms with Crippen molar-refractivity contribution in [1.82, 2.24) is 4.98 Å². The zero-order valence-electron chi connectivity index (χ0n) is 6.68. The monoisotopic (exact) mass is 294 g/mol. The molecule has 13 heavy (non-hydrogen) atoms. The summed E-state index contributed by atoms with van der Waals surface area (Å²) in [5.41, 5.74) is 0.604. The number of nitrogens with zero attached hydrogens (tertiary/aromatic N) is 2. The van der Waals surface area contributed by atoms with Crippen molar-refractivity contribution in [2.75, 3.05) is 0 Å². The topological polar surface area (TPSA) is 36.7 Å². The molecule has 1 heterocycles. The van der Waals surface area contributed by atoms with Crippen LogP contribution in [0.15, 0.2) is 6.20 Å². The van der Waals surface area contributed by atoms with Gasteiger partial charge in [0.1, 0.15) is 11.8 Å². The quantitative estimate of drug-likeness (QED) is 0.747. The van der Waals surface area contributed by atoms with Gasteiger partial charge in [-0.2, -0.15) is 5.26 Å². The lowest BCUT2D eigenvalue weighted by Gasteiger charge is -2.05. The number of hydrogen-bond acceptors (Lipinski definition) is 2. The maximum atomic E-state index is 12.3. The molecule has 0 aliphatic heterocycles. The second-order valence-corrected chi connectivity index (χ2v) is 3.49. The molecule has 0 aliphatic rings. The van der Waals surface area contributed by atoms with Crippen molar-refractivity contribution >= 4 is 22.6 Å².